The molecule has 0 aliphatic carbocycles. The molecule has 0 radical (unpaired) electrons. The van der Waals surface area contributed by atoms with Gasteiger partial charge in [0.05, 0.1) is 11.0 Å². The van der Waals surface area contributed by atoms with Crippen LogP contribution in [0.3, 0.4) is 0 Å². The summed E-state index contributed by atoms with van der Waals surface area (Å²) in [6, 6.07) is 12.4. The van der Waals surface area contributed by atoms with Gasteiger partial charge in [-0.1, -0.05) is 12.1 Å². The number of anilines is 1. The van der Waals surface area contributed by atoms with Crippen molar-refractivity contribution in [1.29, 1.82) is 0 Å². The minimum Gasteiger partial charge on any atom is -0.370 e. The van der Waals surface area contributed by atoms with Crippen LogP contribution in [-0.4, -0.2) is 15.5 Å². The molecule has 1 aromatic heterocycles. The van der Waals surface area contributed by atoms with E-state index in [2.05, 4.69) is 71.0 Å². The van der Waals surface area contributed by atoms with Gasteiger partial charge in [-0.2, -0.15) is 0 Å². The van der Waals surface area contributed by atoms with E-state index in [1.165, 1.54) is 16.7 Å². The Balaban J connectivity index is 0.00000225. The predicted octanol–water partition coefficient (Wildman–Crippen LogP) is 4.04. The van der Waals surface area contributed by atoms with Crippen molar-refractivity contribution in [1.82, 2.24) is 9.55 Å². The summed E-state index contributed by atoms with van der Waals surface area (Å²) in [4.78, 5) is 9.07. The van der Waals surface area contributed by atoms with Crippen LogP contribution < -0.4 is 11.1 Å². The summed E-state index contributed by atoms with van der Waals surface area (Å²) in [6.07, 6.45) is 0. The molecule has 0 aliphatic heterocycles. The number of nitrogens with zero attached hydrogens (tertiary/aromatic N) is 3. The van der Waals surface area contributed by atoms with Gasteiger partial charge in [-0.05, 0) is 61.7 Å². The number of hydrogen-bond donors (Lipinski definition) is 2. The van der Waals surface area contributed by atoms with Gasteiger partial charge in [0, 0.05) is 12.7 Å². The first-order chi connectivity index (χ1) is 11.4. The maximum absolute atomic E-state index is 6.01. The molecule has 132 valence electrons. The molecule has 0 fully saturated rings. The van der Waals surface area contributed by atoms with Crippen LogP contribution >= 0.6 is 24.0 Å². The average Bonchev–Trinajstić information content (AvgIpc) is 2.84. The van der Waals surface area contributed by atoms with Crippen LogP contribution in [0.1, 0.15) is 22.5 Å². The maximum atomic E-state index is 6.01. The van der Waals surface area contributed by atoms with Crippen molar-refractivity contribution in [2.24, 2.45) is 17.8 Å². The van der Waals surface area contributed by atoms with Gasteiger partial charge in [-0.3, -0.25) is 0 Å². The third kappa shape index (κ3) is 4.31. The summed E-state index contributed by atoms with van der Waals surface area (Å²) in [7, 11) is 2.00. The lowest BCUT2D eigenvalue weighted by Crippen LogP contribution is -2.22. The zero-order chi connectivity index (χ0) is 17.3. The van der Waals surface area contributed by atoms with Gasteiger partial charge in [0.25, 0.3) is 0 Å². The zero-order valence-corrected chi connectivity index (χ0v) is 17.3. The molecule has 0 unspecified atom stereocenters. The van der Waals surface area contributed by atoms with Crippen LogP contribution in [0.2, 0.25) is 0 Å². The molecule has 3 rings (SSSR count). The monoisotopic (exact) mass is 449 g/mol. The molecule has 0 bridgehead atoms. The summed E-state index contributed by atoms with van der Waals surface area (Å²) in [5, 5.41) is 3.13. The first-order valence-electron chi connectivity index (χ1n) is 8.00. The first kappa shape index (κ1) is 19.2. The van der Waals surface area contributed by atoms with E-state index in [4.69, 9.17) is 5.73 Å². The van der Waals surface area contributed by atoms with E-state index < -0.39 is 0 Å². The maximum Gasteiger partial charge on any atom is 0.193 e. The van der Waals surface area contributed by atoms with Crippen molar-refractivity contribution in [2.75, 3.05) is 5.32 Å². The SMILES string of the molecule is Cc1ccc2c(c1)nc(CN=C(N)Nc1ccc(C)c(C)c1)n2C.I. The van der Waals surface area contributed by atoms with E-state index in [0.29, 0.717) is 12.5 Å². The number of fused-ring (bicyclic) bond motifs is 1. The minimum absolute atomic E-state index is 0. The normalized spacial score (nSPS) is 11.4. The Morgan fingerprint density at radius 2 is 1.88 bits per heavy atom. The third-order valence-electron chi connectivity index (χ3n) is 4.30. The smallest absolute Gasteiger partial charge is 0.193 e. The fourth-order valence-electron chi connectivity index (χ4n) is 2.66. The Kier molecular flexibility index (Phi) is 6.05. The number of aliphatic imine (C=N–C) groups is 1. The lowest BCUT2D eigenvalue weighted by molar-refractivity contribution is 0.812. The second-order valence-corrected chi connectivity index (χ2v) is 6.20. The molecule has 3 aromatic rings. The molecule has 5 nitrogen and oxygen atoms in total. The van der Waals surface area contributed by atoms with Crippen molar-refractivity contribution in [2.45, 2.75) is 27.3 Å². The molecule has 0 atom stereocenters. The van der Waals surface area contributed by atoms with Crippen LogP contribution in [0.4, 0.5) is 5.69 Å². The molecule has 0 saturated carbocycles. The third-order valence-corrected chi connectivity index (χ3v) is 4.30. The van der Waals surface area contributed by atoms with Crippen LogP contribution in [-0.2, 0) is 13.6 Å². The van der Waals surface area contributed by atoms with E-state index in [-0.39, 0.29) is 24.0 Å². The lowest BCUT2D eigenvalue weighted by Gasteiger charge is -2.08. The standard InChI is InChI=1S/C19H23N5.HI/c1-12-5-8-17-16(9-12)23-18(24(17)4)11-21-19(20)22-15-7-6-13(2)14(3)10-15;/h5-10H,11H2,1-4H3,(H3,20,21,22);1H. The Morgan fingerprint density at radius 1 is 1.12 bits per heavy atom. The highest BCUT2D eigenvalue weighted by molar-refractivity contribution is 14.0. The van der Waals surface area contributed by atoms with Crippen molar-refractivity contribution in [3.63, 3.8) is 0 Å². The molecular weight excluding hydrogens is 425 g/mol. The summed E-state index contributed by atoms with van der Waals surface area (Å²) in [5.41, 5.74) is 12.7. The highest BCUT2D eigenvalue weighted by atomic mass is 127. The predicted molar refractivity (Wildman–Crippen MR) is 116 cm³/mol. The summed E-state index contributed by atoms with van der Waals surface area (Å²) in [6.45, 7) is 6.67. The number of nitrogens with one attached hydrogen (secondary N) is 1. The van der Waals surface area contributed by atoms with Crippen molar-refractivity contribution < 1.29 is 0 Å². The largest absolute Gasteiger partial charge is 0.370 e. The molecular formula is C19H24IN5. The Morgan fingerprint density at radius 3 is 2.60 bits per heavy atom. The number of aryl methyl sites for hydroxylation is 4. The van der Waals surface area contributed by atoms with E-state index >= 15 is 0 Å². The summed E-state index contributed by atoms with van der Waals surface area (Å²) < 4.78 is 2.06. The number of rotatable bonds is 3. The van der Waals surface area contributed by atoms with Crippen LogP contribution in [0.5, 0.6) is 0 Å². The van der Waals surface area contributed by atoms with Gasteiger partial charge in [-0.25, -0.2) is 9.98 Å². The Labute approximate surface area is 165 Å². The number of guanidine groups is 1. The molecule has 2 aromatic carbocycles. The highest BCUT2D eigenvalue weighted by Gasteiger charge is 2.07. The van der Waals surface area contributed by atoms with Crippen LogP contribution in [0.15, 0.2) is 41.4 Å². The fraction of sp³-hybridized carbons (Fsp3) is 0.263. The van der Waals surface area contributed by atoms with Gasteiger partial charge in [0.15, 0.2) is 5.96 Å². The molecule has 1 heterocycles. The second-order valence-electron chi connectivity index (χ2n) is 6.20. The second kappa shape index (κ2) is 7.86. The number of benzene rings is 2. The molecule has 0 spiro atoms. The lowest BCUT2D eigenvalue weighted by atomic mass is 10.1. The van der Waals surface area contributed by atoms with Gasteiger partial charge >= 0.3 is 0 Å². The molecule has 6 heteroatoms. The summed E-state index contributed by atoms with van der Waals surface area (Å²) >= 11 is 0. The topological polar surface area (TPSA) is 68.2 Å². The van der Waals surface area contributed by atoms with Crippen molar-refractivity contribution in [3.05, 3.63) is 58.9 Å². The van der Waals surface area contributed by atoms with E-state index in [1.807, 2.05) is 13.1 Å². The highest BCUT2D eigenvalue weighted by Crippen LogP contribution is 2.17. The van der Waals surface area contributed by atoms with E-state index in [0.717, 1.165) is 22.5 Å². The zero-order valence-electron chi connectivity index (χ0n) is 15.0. The van der Waals surface area contributed by atoms with Gasteiger partial charge in [0.2, 0.25) is 0 Å². The number of nitrogens with two attached hydrogens (primary N) is 1. The molecule has 25 heavy (non-hydrogen) atoms. The Hall–Kier alpha value is -2.09. The van der Waals surface area contributed by atoms with Crippen LogP contribution in [0, 0.1) is 20.8 Å². The average molecular weight is 449 g/mol. The van der Waals surface area contributed by atoms with Gasteiger partial charge in [-0.15, -0.1) is 24.0 Å². The summed E-state index contributed by atoms with van der Waals surface area (Å²) in [5.74, 6) is 1.28. The Bertz CT molecular complexity index is 927. The van der Waals surface area contributed by atoms with Crippen molar-refractivity contribution >= 4 is 46.7 Å². The quantitative estimate of drug-likeness (QED) is 0.360. The molecule has 3 N–H and O–H groups in total. The number of halogens is 1. The number of aromatic nitrogens is 2. The number of hydrogen-bond acceptors (Lipinski definition) is 2. The van der Waals surface area contributed by atoms with Crippen LogP contribution in [0.25, 0.3) is 11.0 Å². The van der Waals surface area contributed by atoms with E-state index in [1.54, 1.807) is 0 Å². The molecule has 0 aliphatic rings. The number of imidazole rings is 1. The minimum atomic E-state index is 0. The molecule has 0 saturated heterocycles. The van der Waals surface area contributed by atoms with Gasteiger partial charge in [0.1, 0.15) is 12.4 Å². The van der Waals surface area contributed by atoms with E-state index in [9.17, 15) is 0 Å². The van der Waals surface area contributed by atoms with Gasteiger partial charge < -0.3 is 15.6 Å². The van der Waals surface area contributed by atoms with Crippen molar-refractivity contribution in [3.8, 4) is 0 Å². The fourth-order valence-corrected chi connectivity index (χ4v) is 2.66. The molecule has 0 amide bonds. The first-order valence-corrected chi connectivity index (χ1v) is 8.00.